The molecule has 0 aliphatic heterocycles. The SMILES string of the molecule is Cc1ccc2c(c1)c1cccc3c4cccc5nc(-c6cc(C(C)(C)C)c7ccccc7c6)cc(c54)n2c31. The molecule has 0 unspecified atom stereocenters. The van der Waals surface area contributed by atoms with Gasteiger partial charge in [0, 0.05) is 27.1 Å². The van der Waals surface area contributed by atoms with Crippen molar-refractivity contribution in [2.24, 2.45) is 0 Å². The van der Waals surface area contributed by atoms with E-state index in [-0.39, 0.29) is 5.41 Å². The molecule has 0 radical (unpaired) electrons. The molecule has 0 aliphatic rings. The number of para-hydroxylation sites is 1. The van der Waals surface area contributed by atoms with Gasteiger partial charge >= 0.3 is 0 Å². The highest BCUT2D eigenvalue weighted by atomic mass is 14.9. The predicted octanol–water partition coefficient (Wildman–Crippen LogP) is 9.81. The Morgan fingerprint density at radius 1 is 0.632 bits per heavy atom. The van der Waals surface area contributed by atoms with Crippen molar-refractivity contribution in [3.63, 3.8) is 0 Å². The fourth-order valence-electron chi connectivity index (χ4n) is 6.54. The van der Waals surface area contributed by atoms with E-state index < -0.39 is 0 Å². The molecule has 8 rings (SSSR count). The summed E-state index contributed by atoms with van der Waals surface area (Å²) in [5, 5.41) is 8.97. The van der Waals surface area contributed by atoms with Crippen molar-refractivity contribution in [3.8, 4) is 11.3 Å². The van der Waals surface area contributed by atoms with Crippen LogP contribution in [0.1, 0.15) is 31.9 Å². The minimum Gasteiger partial charge on any atom is -0.308 e. The van der Waals surface area contributed by atoms with Crippen molar-refractivity contribution in [3.05, 3.63) is 108 Å². The Labute approximate surface area is 221 Å². The minimum absolute atomic E-state index is 0.0213. The van der Waals surface area contributed by atoms with Crippen LogP contribution in [0, 0.1) is 6.92 Å². The zero-order valence-corrected chi connectivity index (χ0v) is 22.1. The second kappa shape index (κ2) is 7.33. The van der Waals surface area contributed by atoms with Gasteiger partial charge in [0.25, 0.3) is 0 Å². The highest BCUT2D eigenvalue weighted by Gasteiger charge is 2.21. The first-order valence-electron chi connectivity index (χ1n) is 13.4. The van der Waals surface area contributed by atoms with Gasteiger partial charge in [-0.05, 0) is 70.5 Å². The first-order valence-corrected chi connectivity index (χ1v) is 13.4. The van der Waals surface area contributed by atoms with E-state index in [4.69, 9.17) is 4.98 Å². The Bertz CT molecular complexity index is 2220. The van der Waals surface area contributed by atoms with E-state index in [1.807, 2.05) is 0 Å². The summed E-state index contributed by atoms with van der Waals surface area (Å²) >= 11 is 0. The topological polar surface area (TPSA) is 17.3 Å². The largest absolute Gasteiger partial charge is 0.308 e. The fraction of sp³-hybridized carbons (Fsp3) is 0.139. The minimum atomic E-state index is 0.0213. The molecule has 2 nitrogen and oxygen atoms in total. The molecule has 3 heterocycles. The maximum atomic E-state index is 5.28. The van der Waals surface area contributed by atoms with E-state index in [0.29, 0.717) is 0 Å². The lowest BCUT2D eigenvalue weighted by atomic mass is 9.82. The maximum Gasteiger partial charge on any atom is 0.0736 e. The Balaban J connectivity index is 1.57. The van der Waals surface area contributed by atoms with Crippen LogP contribution in [0.3, 0.4) is 0 Å². The molecule has 0 saturated heterocycles. The van der Waals surface area contributed by atoms with Crippen LogP contribution in [0.5, 0.6) is 0 Å². The van der Waals surface area contributed by atoms with Gasteiger partial charge in [0.2, 0.25) is 0 Å². The highest BCUT2D eigenvalue weighted by Crippen LogP contribution is 2.42. The van der Waals surface area contributed by atoms with Crippen LogP contribution in [0.4, 0.5) is 0 Å². The highest BCUT2D eigenvalue weighted by molar-refractivity contribution is 6.26. The summed E-state index contributed by atoms with van der Waals surface area (Å²) in [5.74, 6) is 0. The van der Waals surface area contributed by atoms with Crippen molar-refractivity contribution in [2.75, 3.05) is 0 Å². The Morgan fingerprint density at radius 2 is 1.37 bits per heavy atom. The fourth-order valence-corrected chi connectivity index (χ4v) is 6.54. The second-order valence-electron chi connectivity index (χ2n) is 11.8. The first-order chi connectivity index (χ1) is 18.4. The van der Waals surface area contributed by atoms with Crippen LogP contribution in [-0.2, 0) is 5.41 Å². The average Bonchev–Trinajstić information content (AvgIpc) is 3.24. The van der Waals surface area contributed by atoms with Gasteiger partial charge in [-0.1, -0.05) is 87.0 Å². The first kappa shape index (κ1) is 21.6. The molecule has 0 amide bonds. The molecule has 3 aromatic heterocycles. The number of hydrogen-bond donors (Lipinski definition) is 0. The van der Waals surface area contributed by atoms with Crippen LogP contribution in [0.2, 0.25) is 0 Å². The van der Waals surface area contributed by atoms with Gasteiger partial charge in [-0.2, -0.15) is 0 Å². The average molecular weight is 489 g/mol. The Kier molecular flexibility index (Phi) is 4.17. The summed E-state index contributed by atoms with van der Waals surface area (Å²) in [7, 11) is 0. The van der Waals surface area contributed by atoms with Crippen LogP contribution in [-0.4, -0.2) is 9.38 Å². The lowest BCUT2D eigenvalue weighted by molar-refractivity contribution is 0.596. The number of benzene rings is 5. The van der Waals surface area contributed by atoms with Gasteiger partial charge in [0.15, 0.2) is 0 Å². The number of aromatic nitrogens is 2. The van der Waals surface area contributed by atoms with E-state index in [0.717, 1.165) is 11.2 Å². The van der Waals surface area contributed by atoms with Gasteiger partial charge in [0.1, 0.15) is 0 Å². The number of hydrogen-bond acceptors (Lipinski definition) is 1. The third-order valence-corrected chi connectivity index (χ3v) is 8.25. The maximum absolute atomic E-state index is 5.28. The van der Waals surface area contributed by atoms with E-state index in [1.165, 1.54) is 70.9 Å². The van der Waals surface area contributed by atoms with Crippen molar-refractivity contribution < 1.29 is 0 Å². The molecular formula is C36H28N2. The van der Waals surface area contributed by atoms with Crippen molar-refractivity contribution in [2.45, 2.75) is 33.1 Å². The summed E-state index contributed by atoms with van der Waals surface area (Å²) in [6.07, 6.45) is 0. The van der Waals surface area contributed by atoms with E-state index in [1.54, 1.807) is 0 Å². The summed E-state index contributed by atoms with van der Waals surface area (Å²) in [5.41, 5.74) is 9.63. The molecule has 0 aliphatic carbocycles. The second-order valence-corrected chi connectivity index (χ2v) is 11.8. The molecule has 8 aromatic rings. The van der Waals surface area contributed by atoms with Gasteiger partial charge in [-0.15, -0.1) is 0 Å². The summed E-state index contributed by atoms with van der Waals surface area (Å²) in [6.45, 7) is 9.06. The monoisotopic (exact) mass is 488 g/mol. The van der Waals surface area contributed by atoms with Gasteiger partial charge in [0.05, 0.1) is 27.8 Å². The van der Waals surface area contributed by atoms with Crippen molar-refractivity contribution >= 4 is 59.8 Å². The number of aryl methyl sites for hydroxylation is 1. The normalized spacial score (nSPS) is 12.7. The standard InChI is InChI=1S/C36H28N2/c1-21-15-16-32-28(17-21)27-13-7-12-26-25-11-8-14-30-34(25)33(38(32)35(26)27)20-31(37-30)23-18-22-9-5-6-10-24(22)29(19-23)36(2,3)4/h5-20H,1-4H3. The van der Waals surface area contributed by atoms with Crippen LogP contribution in [0.15, 0.2) is 97.1 Å². The quantitative estimate of drug-likeness (QED) is 0.166. The molecule has 0 atom stereocenters. The number of pyridine rings is 2. The molecule has 0 saturated carbocycles. The summed E-state index contributed by atoms with van der Waals surface area (Å²) < 4.78 is 2.48. The number of nitrogens with zero attached hydrogens (tertiary/aromatic N) is 2. The Hall–Kier alpha value is -4.43. The zero-order valence-electron chi connectivity index (χ0n) is 22.1. The van der Waals surface area contributed by atoms with Crippen molar-refractivity contribution in [1.29, 1.82) is 0 Å². The van der Waals surface area contributed by atoms with Gasteiger partial charge < -0.3 is 4.40 Å². The molecule has 0 bridgehead atoms. The van der Waals surface area contributed by atoms with Crippen LogP contribution >= 0.6 is 0 Å². The predicted molar refractivity (Wildman–Crippen MR) is 163 cm³/mol. The van der Waals surface area contributed by atoms with Crippen molar-refractivity contribution in [1.82, 2.24) is 9.38 Å². The number of rotatable bonds is 1. The molecule has 0 spiro atoms. The van der Waals surface area contributed by atoms with E-state index in [2.05, 4.69) is 129 Å². The molecule has 2 heteroatoms. The molecule has 182 valence electrons. The van der Waals surface area contributed by atoms with Gasteiger partial charge in [-0.3, -0.25) is 0 Å². The molecular weight excluding hydrogens is 460 g/mol. The van der Waals surface area contributed by atoms with Crippen LogP contribution < -0.4 is 0 Å². The third kappa shape index (κ3) is 2.86. The lowest BCUT2D eigenvalue weighted by Crippen LogP contribution is -2.12. The smallest absolute Gasteiger partial charge is 0.0736 e. The molecule has 38 heavy (non-hydrogen) atoms. The molecule has 0 N–H and O–H groups in total. The van der Waals surface area contributed by atoms with E-state index in [9.17, 15) is 0 Å². The lowest BCUT2D eigenvalue weighted by Gasteiger charge is -2.23. The summed E-state index contributed by atoms with van der Waals surface area (Å²) in [4.78, 5) is 5.28. The molecule has 0 fully saturated rings. The summed E-state index contributed by atoms with van der Waals surface area (Å²) in [6, 6.07) is 35.8. The Morgan fingerprint density at radius 3 is 2.21 bits per heavy atom. The zero-order chi connectivity index (χ0) is 25.8. The van der Waals surface area contributed by atoms with Gasteiger partial charge in [-0.25, -0.2) is 4.98 Å². The molecule has 5 aromatic carbocycles. The van der Waals surface area contributed by atoms with E-state index >= 15 is 0 Å². The number of fused-ring (bicyclic) bond motifs is 6. The van der Waals surface area contributed by atoms with Crippen LogP contribution in [0.25, 0.3) is 71.0 Å². The third-order valence-electron chi connectivity index (χ3n) is 8.25.